The van der Waals surface area contributed by atoms with Crippen LogP contribution >= 0.6 is 15.9 Å². The van der Waals surface area contributed by atoms with Crippen molar-refractivity contribution < 1.29 is 17.6 Å². The molecule has 0 fully saturated rings. The molecule has 1 aromatic carbocycles. The Balaban J connectivity index is 3.26. The minimum atomic E-state index is -4.80. The fraction of sp³-hybridized carbons (Fsp3) is 0.111. The molecule has 0 aromatic heterocycles. The molecule has 0 heterocycles. The van der Waals surface area contributed by atoms with Crippen LogP contribution in [0, 0.1) is 5.82 Å². The minimum Gasteiger partial charge on any atom is -0.369 e. The van der Waals surface area contributed by atoms with Crippen LogP contribution in [-0.2, 0) is 6.18 Å². The quantitative estimate of drug-likeness (QED) is 0.378. The van der Waals surface area contributed by atoms with E-state index in [4.69, 9.17) is 11.5 Å². The number of benzene rings is 1. The van der Waals surface area contributed by atoms with Crippen molar-refractivity contribution in [1.29, 1.82) is 0 Å². The summed E-state index contributed by atoms with van der Waals surface area (Å²) in [6, 6.07) is 1.75. The molecule has 18 heavy (non-hydrogen) atoms. The maximum atomic E-state index is 13.5. The van der Waals surface area contributed by atoms with Gasteiger partial charge in [0.1, 0.15) is 5.82 Å². The Morgan fingerprint density at radius 2 is 1.89 bits per heavy atom. The highest BCUT2D eigenvalue weighted by Crippen LogP contribution is 2.34. The average Bonchev–Trinajstić information content (AvgIpc) is 2.20. The highest BCUT2D eigenvalue weighted by atomic mass is 79.9. The summed E-state index contributed by atoms with van der Waals surface area (Å²) < 4.78 is 51.0. The van der Waals surface area contributed by atoms with Gasteiger partial charge < -0.3 is 11.5 Å². The van der Waals surface area contributed by atoms with Gasteiger partial charge in [0.25, 0.3) is 0 Å². The van der Waals surface area contributed by atoms with Gasteiger partial charge in [-0.2, -0.15) is 18.3 Å². The Hall–Kier alpha value is -1.64. The van der Waals surface area contributed by atoms with E-state index in [2.05, 4.69) is 26.1 Å². The predicted octanol–water partition coefficient (Wildman–Crippen LogP) is 2.21. The molecule has 0 spiro atoms. The van der Waals surface area contributed by atoms with E-state index in [1.54, 1.807) is 0 Å². The maximum Gasteiger partial charge on any atom is 0.419 e. The molecule has 0 amide bonds. The van der Waals surface area contributed by atoms with Crippen LogP contribution in [0.15, 0.2) is 26.8 Å². The van der Waals surface area contributed by atoms with E-state index in [1.807, 2.05) is 0 Å². The lowest BCUT2D eigenvalue weighted by Gasteiger charge is -2.10. The van der Waals surface area contributed by atoms with Crippen LogP contribution in [0.25, 0.3) is 0 Å². The molecular weight excluding hydrogens is 320 g/mol. The predicted molar refractivity (Wildman–Crippen MR) is 62.5 cm³/mol. The minimum absolute atomic E-state index is 0.0578. The van der Waals surface area contributed by atoms with E-state index >= 15 is 0 Å². The summed E-state index contributed by atoms with van der Waals surface area (Å²) in [4.78, 5) is 0. The largest absolute Gasteiger partial charge is 0.419 e. The van der Waals surface area contributed by atoms with Gasteiger partial charge in [0.2, 0.25) is 5.96 Å². The Bertz CT molecular complexity index is 506. The molecule has 9 heteroatoms. The lowest BCUT2D eigenvalue weighted by molar-refractivity contribution is -0.140. The van der Waals surface area contributed by atoms with Gasteiger partial charge in [0, 0.05) is 10.0 Å². The van der Waals surface area contributed by atoms with E-state index in [1.165, 1.54) is 0 Å². The lowest BCUT2D eigenvalue weighted by Crippen LogP contribution is -2.21. The molecule has 0 unspecified atom stereocenters. The van der Waals surface area contributed by atoms with Gasteiger partial charge in [-0.15, -0.1) is 5.10 Å². The second kappa shape index (κ2) is 5.34. The Morgan fingerprint density at radius 3 is 2.39 bits per heavy atom. The third-order valence-electron chi connectivity index (χ3n) is 1.74. The molecule has 4 N–H and O–H groups in total. The average molecular weight is 327 g/mol. The van der Waals surface area contributed by atoms with Gasteiger partial charge in [0.15, 0.2) is 0 Å². The van der Waals surface area contributed by atoms with E-state index in [0.717, 1.165) is 12.3 Å². The highest BCUT2D eigenvalue weighted by molar-refractivity contribution is 9.10. The zero-order valence-electron chi connectivity index (χ0n) is 8.67. The summed E-state index contributed by atoms with van der Waals surface area (Å²) >= 11 is 2.85. The number of rotatable bonds is 2. The SMILES string of the molecule is NC(N)=NN=Cc1cc(Br)cc(C(F)(F)F)c1F. The molecule has 1 aromatic rings. The molecule has 0 bridgehead atoms. The van der Waals surface area contributed by atoms with Gasteiger partial charge in [-0.05, 0) is 12.1 Å². The number of guanidine groups is 1. The van der Waals surface area contributed by atoms with Crippen molar-refractivity contribution in [3.63, 3.8) is 0 Å². The van der Waals surface area contributed by atoms with Crippen LogP contribution in [-0.4, -0.2) is 12.2 Å². The van der Waals surface area contributed by atoms with Crippen molar-refractivity contribution in [2.24, 2.45) is 21.7 Å². The third kappa shape index (κ3) is 3.69. The van der Waals surface area contributed by atoms with E-state index in [-0.39, 0.29) is 10.0 Å². The zero-order chi connectivity index (χ0) is 13.9. The summed E-state index contributed by atoms with van der Waals surface area (Å²) in [5.74, 6) is -1.84. The van der Waals surface area contributed by atoms with E-state index in [9.17, 15) is 17.6 Å². The first-order valence-corrected chi connectivity index (χ1v) is 5.19. The fourth-order valence-corrected chi connectivity index (χ4v) is 1.54. The molecular formula is C9H7BrF4N4. The van der Waals surface area contributed by atoms with Gasteiger partial charge in [-0.25, -0.2) is 4.39 Å². The fourth-order valence-electron chi connectivity index (χ4n) is 1.07. The molecule has 1 rings (SSSR count). The van der Waals surface area contributed by atoms with Crippen LogP contribution in [0.5, 0.6) is 0 Å². The van der Waals surface area contributed by atoms with Gasteiger partial charge in [-0.1, -0.05) is 15.9 Å². The van der Waals surface area contributed by atoms with E-state index < -0.39 is 23.5 Å². The Labute approximate surface area is 107 Å². The number of hydrogen-bond donors (Lipinski definition) is 2. The summed E-state index contributed by atoms with van der Waals surface area (Å²) in [7, 11) is 0. The summed E-state index contributed by atoms with van der Waals surface area (Å²) in [5, 5.41) is 6.41. The summed E-state index contributed by atoms with van der Waals surface area (Å²) in [6.07, 6.45) is -4.01. The Kier molecular flexibility index (Phi) is 4.28. The molecule has 0 saturated heterocycles. The van der Waals surface area contributed by atoms with Crippen molar-refractivity contribution in [2.45, 2.75) is 6.18 Å². The molecule has 0 saturated carbocycles. The van der Waals surface area contributed by atoms with Crippen LogP contribution in [0.1, 0.15) is 11.1 Å². The lowest BCUT2D eigenvalue weighted by atomic mass is 10.1. The first-order valence-electron chi connectivity index (χ1n) is 4.40. The van der Waals surface area contributed by atoms with Gasteiger partial charge >= 0.3 is 6.18 Å². The third-order valence-corrected chi connectivity index (χ3v) is 2.20. The number of alkyl halides is 3. The van der Waals surface area contributed by atoms with Crippen LogP contribution in [0.2, 0.25) is 0 Å². The van der Waals surface area contributed by atoms with Crippen LogP contribution < -0.4 is 11.5 Å². The van der Waals surface area contributed by atoms with Gasteiger partial charge in [0.05, 0.1) is 11.8 Å². The van der Waals surface area contributed by atoms with Gasteiger partial charge in [-0.3, -0.25) is 0 Å². The standard InChI is InChI=1S/C9H7BrF4N4/c10-5-1-4(3-17-18-8(15)16)7(11)6(2-5)9(12,13)14/h1-3H,(H4,15,16,18). The maximum absolute atomic E-state index is 13.5. The molecule has 0 aliphatic heterocycles. The molecule has 4 nitrogen and oxygen atoms in total. The number of hydrogen-bond acceptors (Lipinski definition) is 2. The number of halogens is 5. The molecule has 98 valence electrons. The smallest absolute Gasteiger partial charge is 0.369 e. The van der Waals surface area contributed by atoms with Crippen molar-refractivity contribution in [3.8, 4) is 0 Å². The van der Waals surface area contributed by atoms with Crippen molar-refractivity contribution in [3.05, 3.63) is 33.5 Å². The van der Waals surface area contributed by atoms with Crippen LogP contribution in [0.3, 0.4) is 0 Å². The van der Waals surface area contributed by atoms with Crippen LogP contribution in [0.4, 0.5) is 17.6 Å². The topological polar surface area (TPSA) is 76.8 Å². The normalized spacial score (nSPS) is 11.8. The Morgan fingerprint density at radius 1 is 1.28 bits per heavy atom. The van der Waals surface area contributed by atoms with Crippen molar-refractivity contribution in [2.75, 3.05) is 0 Å². The van der Waals surface area contributed by atoms with Crippen molar-refractivity contribution >= 4 is 28.1 Å². The molecule has 0 radical (unpaired) electrons. The summed E-state index contributed by atoms with van der Waals surface area (Å²) in [5.41, 5.74) is 8.12. The molecule has 0 atom stereocenters. The molecule has 0 aliphatic carbocycles. The number of nitrogens with two attached hydrogens (primary N) is 2. The highest BCUT2D eigenvalue weighted by Gasteiger charge is 2.35. The second-order valence-electron chi connectivity index (χ2n) is 3.12. The summed E-state index contributed by atoms with van der Waals surface area (Å²) in [6.45, 7) is 0. The first-order chi connectivity index (χ1) is 8.21. The number of nitrogens with zero attached hydrogens (tertiary/aromatic N) is 2. The first kappa shape index (κ1) is 14.4. The zero-order valence-corrected chi connectivity index (χ0v) is 10.3. The molecule has 0 aliphatic rings. The van der Waals surface area contributed by atoms with E-state index in [0.29, 0.717) is 6.07 Å². The van der Waals surface area contributed by atoms with Crippen molar-refractivity contribution in [1.82, 2.24) is 0 Å². The monoisotopic (exact) mass is 326 g/mol. The second-order valence-corrected chi connectivity index (χ2v) is 4.04.